The normalized spacial score (nSPS) is 25.2. The molecule has 2 unspecified atom stereocenters. The largest absolute Gasteiger partial charge is 0.481 e. The molecule has 0 radical (unpaired) electrons. The standard InChI is InChI=1S/C20H23F3N2O4S/c1-12(20(21,22)23)29-17-5-4-16(30(3,26)27)6-14(17)8-25-9-15-7-19(15,11-25)18-10-28-13(2)24-18/h4-6,10,12,15H,7-9,11H2,1-3H3/t12-,15?,19?/m0/s1. The van der Waals surface area contributed by atoms with Crippen molar-refractivity contribution in [2.24, 2.45) is 5.92 Å². The molecule has 1 aliphatic carbocycles. The third-order valence-electron chi connectivity index (χ3n) is 5.96. The van der Waals surface area contributed by atoms with E-state index in [1.807, 2.05) is 0 Å². The molecule has 2 aliphatic rings. The number of ether oxygens (including phenoxy) is 1. The maximum atomic E-state index is 13.0. The smallest absolute Gasteiger partial charge is 0.425 e. The highest BCUT2D eigenvalue weighted by Crippen LogP contribution is 2.59. The number of oxazole rings is 1. The number of aromatic nitrogens is 1. The van der Waals surface area contributed by atoms with E-state index in [9.17, 15) is 21.6 Å². The Hall–Kier alpha value is -2.07. The topological polar surface area (TPSA) is 72.6 Å². The van der Waals surface area contributed by atoms with Crippen LogP contribution >= 0.6 is 0 Å². The van der Waals surface area contributed by atoms with Gasteiger partial charge in [-0.2, -0.15) is 13.2 Å². The van der Waals surface area contributed by atoms with Crippen molar-refractivity contribution < 1.29 is 30.7 Å². The van der Waals surface area contributed by atoms with E-state index < -0.39 is 22.1 Å². The molecule has 1 aromatic carbocycles. The predicted molar refractivity (Wildman–Crippen MR) is 102 cm³/mol. The summed E-state index contributed by atoms with van der Waals surface area (Å²) in [6, 6.07) is 3.99. The zero-order valence-electron chi connectivity index (χ0n) is 16.9. The lowest BCUT2D eigenvalue weighted by atomic mass is 10.0. The lowest BCUT2D eigenvalue weighted by Crippen LogP contribution is -2.32. The maximum Gasteiger partial charge on any atom is 0.425 e. The Morgan fingerprint density at radius 3 is 2.73 bits per heavy atom. The fraction of sp³-hybridized carbons (Fsp3) is 0.550. The van der Waals surface area contributed by atoms with Gasteiger partial charge in [0, 0.05) is 43.8 Å². The van der Waals surface area contributed by atoms with E-state index in [1.165, 1.54) is 18.2 Å². The van der Waals surface area contributed by atoms with E-state index in [2.05, 4.69) is 9.88 Å². The molecule has 6 nitrogen and oxygen atoms in total. The Morgan fingerprint density at radius 2 is 2.13 bits per heavy atom. The highest BCUT2D eigenvalue weighted by atomic mass is 32.2. The molecular formula is C20H23F3N2O4S. The van der Waals surface area contributed by atoms with Crippen LogP contribution in [0.4, 0.5) is 13.2 Å². The van der Waals surface area contributed by atoms with Gasteiger partial charge in [0.2, 0.25) is 0 Å². The fourth-order valence-electron chi connectivity index (χ4n) is 4.22. The second-order valence-corrected chi connectivity index (χ2v) is 10.3. The number of piperidine rings is 1. The zero-order chi connectivity index (χ0) is 21.9. The van der Waals surface area contributed by atoms with Gasteiger partial charge in [-0.3, -0.25) is 4.90 Å². The van der Waals surface area contributed by atoms with E-state index in [1.54, 1.807) is 13.2 Å². The Bertz CT molecular complexity index is 1070. The van der Waals surface area contributed by atoms with Crippen LogP contribution in [0.5, 0.6) is 5.75 Å². The molecule has 0 amide bonds. The summed E-state index contributed by atoms with van der Waals surface area (Å²) in [6.07, 6.45) is -2.79. The van der Waals surface area contributed by atoms with E-state index in [0.717, 1.165) is 31.8 Å². The van der Waals surface area contributed by atoms with Crippen molar-refractivity contribution in [1.82, 2.24) is 9.88 Å². The third-order valence-corrected chi connectivity index (χ3v) is 7.07. The molecule has 0 bridgehead atoms. The number of aryl methyl sites for hydroxylation is 1. The Balaban J connectivity index is 1.58. The van der Waals surface area contributed by atoms with E-state index in [0.29, 0.717) is 30.5 Å². The van der Waals surface area contributed by atoms with Crippen molar-refractivity contribution in [3.63, 3.8) is 0 Å². The summed E-state index contributed by atoms with van der Waals surface area (Å²) < 4.78 is 73.4. The van der Waals surface area contributed by atoms with Gasteiger partial charge in [-0.1, -0.05) is 0 Å². The lowest BCUT2D eigenvalue weighted by molar-refractivity contribution is -0.189. The zero-order valence-corrected chi connectivity index (χ0v) is 17.7. The van der Waals surface area contributed by atoms with Crippen LogP contribution in [0.25, 0.3) is 0 Å². The van der Waals surface area contributed by atoms with Gasteiger partial charge in [-0.25, -0.2) is 13.4 Å². The van der Waals surface area contributed by atoms with Crippen molar-refractivity contribution in [3.05, 3.63) is 41.6 Å². The first-order valence-corrected chi connectivity index (χ1v) is 11.5. The first kappa shape index (κ1) is 21.2. The summed E-state index contributed by atoms with van der Waals surface area (Å²) in [7, 11) is -3.51. The number of fused-ring (bicyclic) bond motifs is 1. The molecular weight excluding hydrogens is 421 g/mol. The lowest BCUT2D eigenvalue weighted by Gasteiger charge is -2.24. The van der Waals surface area contributed by atoms with Crippen molar-refractivity contribution in [2.75, 3.05) is 19.3 Å². The maximum absolute atomic E-state index is 13.0. The average Bonchev–Trinajstić information content (AvgIpc) is 2.96. The number of benzene rings is 1. The predicted octanol–water partition coefficient (Wildman–Crippen LogP) is 3.49. The molecule has 0 N–H and O–H groups in total. The summed E-state index contributed by atoms with van der Waals surface area (Å²) in [5.74, 6) is 1.04. The van der Waals surface area contributed by atoms with E-state index in [-0.39, 0.29) is 16.1 Å². The van der Waals surface area contributed by atoms with E-state index >= 15 is 0 Å². The summed E-state index contributed by atoms with van der Waals surface area (Å²) >= 11 is 0. The molecule has 2 fully saturated rings. The monoisotopic (exact) mass is 444 g/mol. The first-order valence-electron chi connectivity index (χ1n) is 9.60. The van der Waals surface area contributed by atoms with Crippen LogP contribution < -0.4 is 4.74 Å². The molecule has 0 spiro atoms. The van der Waals surface area contributed by atoms with E-state index in [4.69, 9.17) is 9.15 Å². The van der Waals surface area contributed by atoms with Gasteiger partial charge in [0.1, 0.15) is 12.0 Å². The van der Waals surface area contributed by atoms with Crippen LogP contribution in [0, 0.1) is 12.8 Å². The van der Waals surface area contributed by atoms with Crippen LogP contribution in [0.2, 0.25) is 0 Å². The summed E-state index contributed by atoms with van der Waals surface area (Å²) in [5.41, 5.74) is 1.23. The number of nitrogens with zero attached hydrogens (tertiary/aromatic N) is 2. The number of halogens is 3. The minimum Gasteiger partial charge on any atom is -0.481 e. The Morgan fingerprint density at radius 1 is 1.40 bits per heavy atom. The van der Waals surface area contributed by atoms with Gasteiger partial charge in [0.25, 0.3) is 0 Å². The number of sulfone groups is 1. The molecule has 3 atom stereocenters. The number of hydrogen-bond acceptors (Lipinski definition) is 6. The average molecular weight is 444 g/mol. The highest BCUT2D eigenvalue weighted by Gasteiger charge is 2.62. The molecule has 4 rings (SSSR count). The quantitative estimate of drug-likeness (QED) is 0.679. The van der Waals surface area contributed by atoms with Gasteiger partial charge in [0.15, 0.2) is 21.8 Å². The molecule has 10 heteroatoms. The molecule has 1 aromatic heterocycles. The molecule has 1 saturated heterocycles. The molecule has 2 heterocycles. The minimum atomic E-state index is -4.52. The molecule has 164 valence electrons. The van der Waals surface area contributed by atoms with Crippen LogP contribution in [-0.2, 0) is 21.8 Å². The van der Waals surface area contributed by atoms with Crippen LogP contribution in [0.3, 0.4) is 0 Å². The van der Waals surface area contributed by atoms with Crippen molar-refractivity contribution in [3.8, 4) is 5.75 Å². The van der Waals surface area contributed by atoms with Crippen LogP contribution in [0.1, 0.15) is 30.5 Å². The fourth-order valence-corrected chi connectivity index (χ4v) is 4.89. The Labute approximate surface area is 173 Å². The van der Waals surface area contributed by atoms with Crippen LogP contribution in [0.15, 0.2) is 33.8 Å². The van der Waals surface area contributed by atoms with Gasteiger partial charge in [-0.05, 0) is 37.5 Å². The van der Waals surface area contributed by atoms with Gasteiger partial charge < -0.3 is 9.15 Å². The molecule has 30 heavy (non-hydrogen) atoms. The summed E-state index contributed by atoms with van der Waals surface area (Å²) in [6.45, 7) is 4.44. The number of likely N-dealkylation sites (tertiary alicyclic amines) is 1. The first-order chi connectivity index (χ1) is 13.9. The summed E-state index contributed by atoms with van der Waals surface area (Å²) in [5, 5.41) is 0. The highest BCUT2D eigenvalue weighted by molar-refractivity contribution is 7.90. The number of hydrogen-bond donors (Lipinski definition) is 0. The minimum absolute atomic E-state index is 0.0409. The van der Waals surface area contributed by atoms with Crippen molar-refractivity contribution in [2.45, 2.75) is 49.4 Å². The van der Waals surface area contributed by atoms with Gasteiger partial charge in [-0.15, -0.1) is 0 Å². The van der Waals surface area contributed by atoms with Crippen LogP contribution in [-0.4, -0.2) is 49.9 Å². The van der Waals surface area contributed by atoms with Crippen molar-refractivity contribution in [1.29, 1.82) is 0 Å². The molecule has 1 aliphatic heterocycles. The van der Waals surface area contributed by atoms with Gasteiger partial charge >= 0.3 is 6.18 Å². The number of alkyl halides is 3. The van der Waals surface area contributed by atoms with Gasteiger partial charge in [0.05, 0.1) is 10.6 Å². The number of rotatable bonds is 6. The second-order valence-electron chi connectivity index (χ2n) is 8.32. The van der Waals surface area contributed by atoms with Crippen molar-refractivity contribution >= 4 is 9.84 Å². The molecule has 1 saturated carbocycles. The second kappa shape index (κ2) is 6.98. The third kappa shape index (κ3) is 3.94. The SMILES string of the molecule is Cc1nc(C23CC2CN(Cc2cc(S(C)(=O)=O)ccc2O[C@@H](C)C(F)(F)F)C3)co1. The molecule has 2 aromatic rings. The Kier molecular flexibility index (Phi) is 4.93. The summed E-state index contributed by atoms with van der Waals surface area (Å²) in [4.78, 5) is 6.61.